The summed E-state index contributed by atoms with van der Waals surface area (Å²) in [6.07, 6.45) is 5.62. The molecule has 20 heavy (non-hydrogen) atoms. The van der Waals surface area contributed by atoms with E-state index in [1.165, 1.54) is 30.4 Å². The van der Waals surface area contributed by atoms with Gasteiger partial charge < -0.3 is 10.6 Å². The van der Waals surface area contributed by atoms with Crippen LogP contribution in [-0.4, -0.2) is 26.0 Å². The number of carbonyl (C=O) groups is 1. The molecule has 2 N–H and O–H groups in total. The summed E-state index contributed by atoms with van der Waals surface area (Å²) < 4.78 is 0. The minimum Gasteiger partial charge on any atom is -0.356 e. The molecule has 1 spiro atoms. The summed E-state index contributed by atoms with van der Waals surface area (Å²) >= 11 is 0. The Kier molecular flexibility index (Phi) is 3.79. The molecule has 0 radical (unpaired) electrons. The average molecular weight is 272 g/mol. The zero-order valence-electron chi connectivity index (χ0n) is 12.2. The maximum Gasteiger partial charge on any atom is 0.224 e. The molecule has 2 aliphatic carbocycles. The van der Waals surface area contributed by atoms with Crippen LogP contribution >= 0.6 is 0 Å². The van der Waals surface area contributed by atoms with Crippen LogP contribution in [0.4, 0.5) is 0 Å². The molecular formula is C17H24N2O. The predicted molar refractivity (Wildman–Crippen MR) is 80.7 cm³/mol. The van der Waals surface area contributed by atoms with Crippen molar-refractivity contribution in [2.75, 3.05) is 20.1 Å². The zero-order valence-corrected chi connectivity index (χ0v) is 12.2. The van der Waals surface area contributed by atoms with Gasteiger partial charge in [0, 0.05) is 17.9 Å². The molecule has 1 amide bonds. The first-order valence-corrected chi connectivity index (χ1v) is 7.78. The summed E-state index contributed by atoms with van der Waals surface area (Å²) in [6, 6.07) is 8.71. The molecule has 3 rings (SSSR count). The Balaban J connectivity index is 1.64. The van der Waals surface area contributed by atoms with Gasteiger partial charge in [0.05, 0.1) is 0 Å². The van der Waals surface area contributed by atoms with Gasteiger partial charge in [-0.05, 0) is 56.8 Å². The fraction of sp³-hybridized carbons (Fsp3) is 0.588. The Morgan fingerprint density at radius 1 is 1.35 bits per heavy atom. The first kappa shape index (κ1) is 13.6. The fourth-order valence-electron chi connectivity index (χ4n) is 3.78. The summed E-state index contributed by atoms with van der Waals surface area (Å²) in [4.78, 5) is 12.3. The van der Waals surface area contributed by atoms with Gasteiger partial charge in [-0.1, -0.05) is 24.3 Å². The first-order valence-electron chi connectivity index (χ1n) is 7.78. The topological polar surface area (TPSA) is 41.1 Å². The van der Waals surface area contributed by atoms with E-state index in [1.54, 1.807) is 0 Å². The lowest BCUT2D eigenvalue weighted by Gasteiger charge is -2.26. The van der Waals surface area contributed by atoms with Crippen molar-refractivity contribution in [3.05, 3.63) is 35.4 Å². The second kappa shape index (κ2) is 5.57. The number of amides is 1. The van der Waals surface area contributed by atoms with E-state index in [2.05, 4.69) is 34.9 Å². The maximum atomic E-state index is 12.3. The lowest BCUT2D eigenvalue weighted by atomic mass is 9.78. The Morgan fingerprint density at radius 2 is 2.20 bits per heavy atom. The van der Waals surface area contributed by atoms with Gasteiger partial charge in [0.15, 0.2) is 0 Å². The summed E-state index contributed by atoms with van der Waals surface area (Å²) in [5.74, 6) is 0.469. The Labute approximate surface area is 121 Å². The van der Waals surface area contributed by atoms with Gasteiger partial charge in [-0.2, -0.15) is 0 Å². The largest absolute Gasteiger partial charge is 0.356 e. The summed E-state index contributed by atoms with van der Waals surface area (Å²) in [6.45, 7) is 1.74. The summed E-state index contributed by atoms with van der Waals surface area (Å²) in [5, 5.41) is 6.21. The van der Waals surface area contributed by atoms with Gasteiger partial charge in [0.2, 0.25) is 5.91 Å². The smallest absolute Gasteiger partial charge is 0.224 e. The van der Waals surface area contributed by atoms with Gasteiger partial charge in [0.1, 0.15) is 0 Å². The van der Waals surface area contributed by atoms with Gasteiger partial charge in [-0.15, -0.1) is 0 Å². The van der Waals surface area contributed by atoms with Crippen LogP contribution in [0.25, 0.3) is 0 Å². The molecule has 1 fully saturated rings. The number of rotatable bonds is 5. The van der Waals surface area contributed by atoms with Gasteiger partial charge >= 0.3 is 0 Å². The Bertz CT molecular complexity index is 500. The Morgan fingerprint density at radius 3 is 3.05 bits per heavy atom. The second-order valence-corrected chi connectivity index (χ2v) is 6.17. The van der Waals surface area contributed by atoms with Gasteiger partial charge in [0.25, 0.3) is 0 Å². The zero-order chi connectivity index (χ0) is 14.0. The molecule has 3 nitrogen and oxygen atoms in total. The van der Waals surface area contributed by atoms with E-state index in [-0.39, 0.29) is 17.2 Å². The van der Waals surface area contributed by atoms with Crippen LogP contribution in [0, 0.1) is 5.92 Å². The highest BCUT2D eigenvalue weighted by atomic mass is 16.2. The number of nitrogens with one attached hydrogen (secondary N) is 2. The molecule has 0 heterocycles. The van der Waals surface area contributed by atoms with Crippen LogP contribution in [0.3, 0.4) is 0 Å². The minimum atomic E-state index is 0.169. The average Bonchev–Trinajstić information content (AvgIpc) is 3.19. The van der Waals surface area contributed by atoms with Crippen molar-refractivity contribution < 1.29 is 4.79 Å². The van der Waals surface area contributed by atoms with E-state index in [1.807, 2.05) is 7.05 Å². The van der Waals surface area contributed by atoms with E-state index < -0.39 is 0 Å². The van der Waals surface area contributed by atoms with E-state index in [0.717, 1.165) is 25.9 Å². The Hall–Kier alpha value is -1.35. The van der Waals surface area contributed by atoms with Crippen LogP contribution in [0.15, 0.2) is 24.3 Å². The molecule has 108 valence electrons. The van der Waals surface area contributed by atoms with Crippen molar-refractivity contribution >= 4 is 5.91 Å². The fourth-order valence-corrected chi connectivity index (χ4v) is 3.78. The number of aryl methyl sites for hydroxylation is 1. The molecule has 2 atom stereocenters. The van der Waals surface area contributed by atoms with Crippen LogP contribution in [0.5, 0.6) is 0 Å². The van der Waals surface area contributed by atoms with Crippen molar-refractivity contribution in [1.82, 2.24) is 10.6 Å². The number of hydrogen-bond donors (Lipinski definition) is 2. The van der Waals surface area contributed by atoms with Gasteiger partial charge in [-0.3, -0.25) is 4.79 Å². The molecule has 2 aliphatic rings. The number of hydrogen-bond acceptors (Lipinski definition) is 2. The molecular weight excluding hydrogens is 248 g/mol. The lowest BCUT2D eigenvalue weighted by molar-refractivity contribution is -0.122. The molecule has 3 heteroatoms. The van der Waals surface area contributed by atoms with Crippen molar-refractivity contribution in [2.45, 2.75) is 37.5 Å². The summed E-state index contributed by atoms with van der Waals surface area (Å²) in [5.41, 5.74) is 3.08. The maximum absolute atomic E-state index is 12.3. The number of carbonyl (C=O) groups excluding carboxylic acids is 1. The van der Waals surface area contributed by atoms with Crippen LogP contribution in [-0.2, 0) is 16.6 Å². The predicted octanol–water partition coefficient (Wildman–Crippen LogP) is 2.01. The molecule has 1 saturated carbocycles. The molecule has 0 saturated heterocycles. The van der Waals surface area contributed by atoms with E-state index in [9.17, 15) is 4.79 Å². The third-order valence-corrected chi connectivity index (χ3v) is 4.92. The normalized spacial score (nSPS) is 27.1. The first-order chi connectivity index (χ1) is 9.78. The molecule has 0 aliphatic heterocycles. The molecule has 1 aromatic carbocycles. The SMILES string of the molecule is CNCCCNC(=O)C1CC12CCCc1ccccc12. The highest BCUT2D eigenvalue weighted by Gasteiger charge is 2.59. The molecule has 0 bridgehead atoms. The van der Waals surface area contributed by atoms with Crippen molar-refractivity contribution in [2.24, 2.45) is 5.92 Å². The third-order valence-electron chi connectivity index (χ3n) is 4.92. The second-order valence-electron chi connectivity index (χ2n) is 6.17. The van der Waals surface area contributed by atoms with Gasteiger partial charge in [-0.25, -0.2) is 0 Å². The van der Waals surface area contributed by atoms with Crippen molar-refractivity contribution in [1.29, 1.82) is 0 Å². The number of benzene rings is 1. The van der Waals surface area contributed by atoms with Crippen LogP contribution < -0.4 is 10.6 Å². The minimum absolute atomic E-state index is 0.169. The standard InChI is InChI=1S/C17H24N2O/c1-18-10-5-11-19-16(20)15-12-17(15)9-4-7-13-6-2-3-8-14(13)17/h2-3,6,8,15,18H,4-5,7,9-12H2,1H3,(H,19,20). The molecule has 0 aromatic heterocycles. The van der Waals surface area contributed by atoms with Crippen molar-refractivity contribution in [3.8, 4) is 0 Å². The van der Waals surface area contributed by atoms with Crippen molar-refractivity contribution in [3.63, 3.8) is 0 Å². The van der Waals surface area contributed by atoms with E-state index in [4.69, 9.17) is 0 Å². The summed E-state index contributed by atoms with van der Waals surface area (Å²) in [7, 11) is 1.94. The van der Waals surface area contributed by atoms with E-state index >= 15 is 0 Å². The highest BCUT2D eigenvalue weighted by Crippen LogP contribution is 2.60. The monoisotopic (exact) mass is 272 g/mol. The van der Waals surface area contributed by atoms with Crippen LogP contribution in [0.1, 0.15) is 36.8 Å². The molecule has 1 aromatic rings. The van der Waals surface area contributed by atoms with Crippen LogP contribution in [0.2, 0.25) is 0 Å². The lowest BCUT2D eigenvalue weighted by Crippen LogP contribution is -2.31. The molecule has 2 unspecified atom stereocenters. The quantitative estimate of drug-likeness (QED) is 0.805. The highest BCUT2D eigenvalue weighted by molar-refractivity contribution is 5.84. The third kappa shape index (κ3) is 2.35. The number of fused-ring (bicyclic) bond motifs is 2. The van der Waals surface area contributed by atoms with E-state index in [0.29, 0.717) is 0 Å².